The van der Waals surface area contributed by atoms with Crippen molar-refractivity contribution in [2.24, 2.45) is 0 Å². The number of benzene rings is 1. The average molecular weight is 236 g/mol. The normalized spacial score (nSPS) is 10.1. The Morgan fingerprint density at radius 2 is 1.94 bits per heavy atom. The summed E-state index contributed by atoms with van der Waals surface area (Å²) in [5.74, 6) is 0.433. The van der Waals surface area contributed by atoms with E-state index in [-0.39, 0.29) is 10.7 Å². The molecule has 1 heterocycles. The fraction of sp³-hybridized carbons (Fsp3) is 0. The summed E-state index contributed by atoms with van der Waals surface area (Å²) in [6.07, 6.45) is 3.14. The molecule has 80 valence electrons. The van der Waals surface area contributed by atoms with Gasteiger partial charge in [-0.25, -0.2) is 9.97 Å². The van der Waals surface area contributed by atoms with Crippen molar-refractivity contribution in [1.29, 1.82) is 0 Å². The highest BCUT2D eigenvalue weighted by atomic mass is 35.5. The van der Waals surface area contributed by atoms with Crippen LogP contribution in [0.2, 0.25) is 5.02 Å². The number of nitro benzene ring substituents is 1. The third kappa shape index (κ3) is 1.99. The lowest BCUT2D eigenvalue weighted by molar-refractivity contribution is -0.384. The highest BCUT2D eigenvalue weighted by molar-refractivity contribution is 6.32. The van der Waals surface area contributed by atoms with Crippen LogP contribution in [-0.4, -0.2) is 14.9 Å². The molecule has 1 aromatic heterocycles. The fourth-order valence-corrected chi connectivity index (χ4v) is 1.43. The van der Waals surface area contributed by atoms with Crippen molar-refractivity contribution in [2.75, 3.05) is 0 Å². The van der Waals surface area contributed by atoms with Crippen molar-refractivity contribution in [1.82, 2.24) is 9.97 Å². The molecule has 0 aliphatic carbocycles. The van der Waals surface area contributed by atoms with Gasteiger partial charge in [0.25, 0.3) is 5.69 Å². The first kappa shape index (κ1) is 10.5. The van der Waals surface area contributed by atoms with E-state index in [1.165, 1.54) is 12.1 Å². The van der Waals surface area contributed by atoms with Crippen LogP contribution in [0.1, 0.15) is 0 Å². The molecule has 16 heavy (non-hydrogen) atoms. The second kappa shape index (κ2) is 4.24. The molecule has 0 bridgehead atoms. The summed E-state index contributed by atoms with van der Waals surface area (Å²) in [6, 6.07) is 6.14. The van der Waals surface area contributed by atoms with Crippen LogP contribution >= 0.6 is 11.6 Å². The lowest BCUT2D eigenvalue weighted by Gasteiger charge is -2.00. The van der Waals surface area contributed by atoms with Gasteiger partial charge in [0.1, 0.15) is 5.02 Å². The van der Waals surface area contributed by atoms with Gasteiger partial charge >= 0.3 is 0 Å². The molecule has 0 fully saturated rings. The molecule has 2 aromatic rings. The molecule has 0 atom stereocenters. The number of nitro groups is 1. The standard InChI is InChI=1S/C10H6ClN3O2/c11-8-3-2-7(6-9(8)14(15)16)10-12-4-1-5-13-10/h1-6H. The van der Waals surface area contributed by atoms with Crippen molar-refractivity contribution < 1.29 is 4.92 Å². The van der Waals surface area contributed by atoms with Crippen LogP contribution in [0.25, 0.3) is 11.4 Å². The smallest absolute Gasteiger partial charge is 0.258 e. The molecule has 2 rings (SSSR count). The topological polar surface area (TPSA) is 68.9 Å². The number of nitrogens with zero attached hydrogens (tertiary/aromatic N) is 3. The Kier molecular flexibility index (Phi) is 2.78. The molecule has 0 aliphatic heterocycles. The molecule has 6 heteroatoms. The largest absolute Gasteiger partial charge is 0.288 e. The number of rotatable bonds is 2. The number of hydrogen-bond acceptors (Lipinski definition) is 4. The molecule has 5 nitrogen and oxygen atoms in total. The molecular weight excluding hydrogens is 230 g/mol. The Bertz CT molecular complexity index is 531. The zero-order chi connectivity index (χ0) is 11.5. The Balaban J connectivity index is 2.52. The van der Waals surface area contributed by atoms with Crippen molar-refractivity contribution in [2.45, 2.75) is 0 Å². The van der Waals surface area contributed by atoms with Gasteiger partial charge in [-0.1, -0.05) is 11.6 Å². The van der Waals surface area contributed by atoms with E-state index in [1.807, 2.05) is 0 Å². The van der Waals surface area contributed by atoms with E-state index in [1.54, 1.807) is 24.5 Å². The highest BCUT2D eigenvalue weighted by Crippen LogP contribution is 2.28. The Morgan fingerprint density at radius 1 is 1.25 bits per heavy atom. The summed E-state index contributed by atoms with van der Waals surface area (Å²) in [4.78, 5) is 18.2. The van der Waals surface area contributed by atoms with Crippen LogP contribution in [0.3, 0.4) is 0 Å². The molecule has 0 N–H and O–H groups in total. The van der Waals surface area contributed by atoms with Crippen LogP contribution in [0.5, 0.6) is 0 Å². The lowest BCUT2D eigenvalue weighted by Crippen LogP contribution is -1.92. The summed E-state index contributed by atoms with van der Waals surface area (Å²) in [6.45, 7) is 0. The minimum absolute atomic E-state index is 0.102. The number of halogens is 1. The average Bonchev–Trinajstić information content (AvgIpc) is 2.30. The van der Waals surface area contributed by atoms with E-state index in [9.17, 15) is 10.1 Å². The molecule has 0 saturated carbocycles. The zero-order valence-electron chi connectivity index (χ0n) is 8.00. The Hall–Kier alpha value is -2.01. The van der Waals surface area contributed by atoms with E-state index in [4.69, 9.17) is 11.6 Å². The monoisotopic (exact) mass is 235 g/mol. The van der Waals surface area contributed by atoms with E-state index >= 15 is 0 Å². The summed E-state index contributed by atoms with van der Waals surface area (Å²) in [5.41, 5.74) is 0.420. The predicted octanol–water partition coefficient (Wildman–Crippen LogP) is 2.71. The maximum atomic E-state index is 10.7. The van der Waals surface area contributed by atoms with Crippen LogP contribution < -0.4 is 0 Å². The van der Waals surface area contributed by atoms with Gasteiger partial charge in [-0.15, -0.1) is 0 Å². The molecular formula is C10H6ClN3O2. The van der Waals surface area contributed by atoms with Crippen molar-refractivity contribution in [3.63, 3.8) is 0 Å². The fourth-order valence-electron chi connectivity index (χ4n) is 1.24. The molecule has 1 aromatic carbocycles. The molecule has 0 aliphatic rings. The molecule has 0 radical (unpaired) electrons. The molecule has 0 unspecified atom stereocenters. The first-order valence-corrected chi connectivity index (χ1v) is 4.77. The van der Waals surface area contributed by atoms with Crippen LogP contribution in [0.4, 0.5) is 5.69 Å². The quantitative estimate of drug-likeness (QED) is 0.593. The van der Waals surface area contributed by atoms with Crippen molar-refractivity contribution in [3.05, 3.63) is 51.8 Å². The zero-order valence-corrected chi connectivity index (χ0v) is 8.76. The summed E-state index contributed by atoms with van der Waals surface area (Å²) < 4.78 is 0. The van der Waals surface area contributed by atoms with Gasteiger partial charge in [0, 0.05) is 24.0 Å². The SMILES string of the molecule is O=[N+]([O-])c1cc(-c2ncccn2)ccc1Cl. The molecule has 0 saturated heterocycles. The van der Waals surface area contributed by atoms with E-state index in [0.29, 0.717) is 11.4 Å². The number of aromatic nitrogens is 2. The third-order valence-electron chi connectivity index (χ3n) is 1.97. The van der Waals surface area contributed by atoms with Gasteiger partial charge in [-0.2, -0.15) is 0 Å². The minimum atomic E-state index is -0.533. The predicted molar refractivity (Wildman–Crippen MR) is 59.1 cm³/mol. The maximum Gasteiger partial charge on any atom is 0.288 e. The third-order valence-corrected chi connectivity index (χ3v) is 2.29. The second-order valence-corrected chi connectivity index (χ2v) is 3.40. The van der Waals surface area contributed by atoms with Gasteiger partial charge < -0.3 is 0 Å². The summed E-state index contributed by atoms with van der Waals surface area (Å²) >= 11 is 5.70. The number of hydrogen-bond donors (Lipinski definition) is 0. The lowest BCUT2D eigenvalue weighted by atomic mass is 10.2. The van der Waals surface area contributed by atoms with Crippen molar-refractivity contribution >= 4 is 17.3 Å². The van der Waals surface area contributed by atoms with Gasteiger partial charge in [0.2, 0.25) is 0 Å². The summed E-state index contributed by atoms with van der Waals surface area (Å²) in [5, 5.41) is 10.8. The Morgan fingerprint density at radius 3 is 2.56 bits per heavy atom. The van der Waals surface area contributed by atoms with Gasteiger partial charge in [0.15, 0.2) is 5.82 Å². The van der Waals surface area contributed by atoms with Crippen LogP contribution in [0.15, 0.2) is 36.7 Å². The van der Waals surface area contributed by atoms with E-state index < -0.39 is 4.92 Å². The molecule has 0 spiro atoms. The minimum Gasteiger partial charge on any atom is -0.258 e. The summed E-state index contributed by atoms with van der Waals surface area (Å²) in [7, 11) is 0. The Labute approximate surface area is 95.9 Å². The highest BCUT2D eigenvalue weighted by Gasteiger charge is 2.14. The van der Waals surface area contributed by atoms with Crippen LogP contribution in [0, 0.1) is 10.1 Å². The van der Waals surface area contributed by atoms with Gasteiger partial charge in [-0.3, -0.25) is 10.1 Å². The maximum absolute atomic E-state index is 10.7. The van der Waals surface area contributed by atoms with E-state index in [0.717, 1.165) is 0 Å². The molecule has 0 amide bonds. The van der Waals surface area contributed by atoms with Crippen LogP contribution in [-0.2, 0) is 0 Å². The second-order valence-electron chi connectivity index (χ2n) is 3.00. The first-order chi connectivity index (χ1) is 7.68. The van der Waals surface area contributed by atoms with Gasteiger partial charge in [-0.05, 0) is 18.2 Å². The van der Waals surface area contributed by atoms with Gasteiger partial charge in [0.05, 0.1) is 4.92 Å². The first-order valence-electron chi connectivity index (χ1n) is 4.40. The van der Waals surface area contributed by atoms with Crippen molar-refractivity contribution in [3.8, 4) is 11.4 Å². The van der Waals surface area contributed by atoms with E-state index in [2.05, 4.69) is 9.97 Å².